The highest BCUT2D eigenvalue weighted by Gasteiger charge is 2.10. The Bertz CT molecular complexity index is 434. The molecule has 0 spiro atoms. The summed E-state index contributed by atoms with van der Waals surface area (Å²) >= 11 is 0. The number of hydrogen-bond acceptors (Lipinski definition) is 3. The molecule has 104 valence electrons. The van der Waals surface area contributed by atoms with E-state index in [-0.39, 0.29) is 18.3 Å². The molecule has 1 amide bonds. The molecule has 0 saturated carbocycles. The Kier molecular flexibility index (Phi) is 6.53. The van der Waals surface area contributed by atoms with Gasteiger partial charge in [-0.05, 0) is 38.6 Å². The van der Waals surface area contributed by atoms with Gasteiger partial charge in [0.2, 0.25) is 0 Å². The number of likely N-dealkylation sites (tertiary alicyclic amines) is 1. The van der Waals surface area contributed by atoms with Gasteiger partial charge in [0.15, 0.2) is 0 Å². The molecule has 2 rings (SSSR count). The molecule has 1 saturated heterocycles. The van der Waals surface area contributed by atoms with Crippen molar-refractivity contribution >= 4 is 24.0 Å². The predicted octanol–water partition coefficient (Wildman–Crippen LogP) is 2.31. The zero-order valence-corrected chi connectivity index (χ0v) is 11.9. The molecule has 0 atom stereocenters. The molecule has 0 aliphatic carbocycles. The van der Waals surface area contributed by atoms with Crippen molar-refractivity contribution in [1.29, 1.82) is 0 Å². The number of halogens is 1. The van der Waals surface area contributed by atoms with Gasteiger partial charge in [-0.2, -0.15) is 5.10 Å². The van der Waals surface area contributed by atoms with Crippen LogP contribution in [0.15, 0.2) is 35.4 Å². The molecule has 1 aromatic rings. The van der Waals surface area contributed by atoms with E-state index in [4.69, 9.17) is 0 Å². The molecule has 0 aromatic heterocycles. The van der Waals surface area contributed by atoms with Crippen molar-refractivity contribution in [2.75, 3.05) is 20.1 Å². The van der Waals surface area contributed by atoms with Gasteiger partial charge in [0.25, 0.3) is 5.91 Å². The molecule has 1 fully saturated rings. The van der Waals surface area contributed by atoms with E-state index in [1.165, 1.54) is 0 Å². The summed E-state index contributed by atoms with van der Waals surface area (Å²) < 4.78 is 0. The van der Waals surface area contributed by atoms with Gasteiger partial charge in [0, 0.05) is 24.2 Å². The highest BCUT2D eigenvalue weighted by molar-refractivity contribution is 5.95. The maximum absolute atomic E-state index is 11.8. The summed E-state index contributed by atoms with van der Waals surface area (Å²) in [4.78, 5) is 14.1. The third-order valence-corrected chi connectivity index (χ3v) is 3.14. The van der Waals surface area contributed by atoms with Crippen LogP contribution in [-0.2, 0) is 0 Å². The van der Waals surface area contributed by atoms with Crippen molar-refractivity contribution in [1.82, 2.24) is 10.3 Å². The van der Waals surface area contributed by atoms with Gasteiger partial charge in [-0.1, -0.05) is 18.2 Å². The molecule has 1 aliphatic heterocycles. The summed E-state index contributed by atoms with van der Waals surface area (Å²) in [6.45, 7) is 2.12. The zero-order valence-electron chi connectivity index (χ0n) is 11.1. The highest BCUT2D eigenvalue weighted by Crippen LogP contribution is 2.06. The van der Waals surface area contributed by atoms with Crippen LogP contribution in [0.4, 0.5) is 0 Å². The van der Waals surface area contributed by atoms with Gasteiger partial charge in [-0.15, -0.1) is 12.4 Å². The molecule has 0 radical (unpaired) electrons. The number of nitrogens with one attached hydrogen (secondary N) is 1. The molecule has 4 nitrogen and oxygen atoms in total. The van der Waals surface area contributed by atoms with E-state index in [9.17, 15) is 4.79 Å². The largest absolute Gasteiger partial charge is 0.306 e. The minimum atomic E-state index is -0.138. The maximum atomic E-state index is 11.8. The van der Waals surface area contributed by atoms with Crippen LogP contribution in [0.5, 0.6) is 0 Å². The Labute approximate surface area is 120 Å². The number of benzene rings is 1. The SMILES string of the molecule is CN1CCC/C(=N\NC(=O)c2ccccc2)CC1.Cl. The smallest absolute Gasteiger partial charge is 0.271 e. The lowest BCUT2D eigenvalue weighted by atomic mass is 10.2. The topological polar surface area (TPSA) is 44.7 Å². The second kappa shape index (κ2) is 7.92. The minimum Gasteiger partial charge on any atom is -0.306 e. The van der Waals surface area contributed by atoms with Crippen LogP contribution in [0.25, 0.3) is 0 Å². The van der Waals surface area contributed by atoms with Gasteiger partial charge in [0.05, 0.1) is 0 Å². The molecule has 1 aliphatic rings. The average molecular weight is 282 g/mol. The van der Waals surface area contributed by atoms with Gasteiger partial charge >= 0.3 is 0 Å². The quantitative estimate of drug-likeness (QED) is 0.846. The number of hydrazone groups is 1. The lowest BCUT2D eigenvalue weighted by molar-refractivity contribution is 0.0954. The first-order valence-corrected chi connectivity index (χ1v) is 6.35. The van der Waals surface area contributed by atoms with Crippen LogP contribution in [0, 0.1) is 0 Å². The molecule has 5 heteroatoms. The Balaban J connectivity index is 0.00000180. The zero-order chi connectivity index (χ0) is 12.8. The molecule has 0 unspecified atom stereocenters. The van der Waals surface area contributed by atoms with Gasteiger partial charge in [0.1, 0.15) is 0 Å². The first kappa shape index (κ1) is 15.7. The van der Waals surface area contributed by atoms with Gasteiger partial charge in [-0.3, -0.25) is 4.79 Å². The van der Waals surface area contributed by atoms with Crippen LogP contribution in [0.2, 0.25) is 0 Å². The highest BCUT2D eigenvalue weighted by atomic mass is 35.5. The van der Waals surface area contributed by atoms with Crippen molar-refractivity contribution in [3.05, 3.63) is 35.9 Å². The van der Waals surface area contributed by atoms with Crippen molar-refractivity contribution in [3.8, 4) is 0 Å². The van der Waals surface area contributed by atoms with E-state index in [2.05, 4.69) is 22.5 Å². The van der Waals surface area contributed by atoms with Crippen LogP contribution in [-0.4, -0.2) is 36.7 Å². The van der Waals surface area contributed by atoms with Crippen LogP contribution in [0.3, 0.4) is 0 Å². The van der Waals surface area contributed by atoms with Gasteiger partial charge < -0.3 is 4.90 Å². The summed E-state index contributed by atoms with van der Waals surface area (Å²) in [7, 11) is 2.12. The number of nitrogens with zero attached hydrogens (tertiary/aromatic N) is 2. The van der Waals surface area contributed by atoms with Gasteiger partial charge in [-0.25, -0.2) is 5.43 Å². The van der Waals surface area contributed by atoms with Crippen molar-refractivity contribution in [2.45, 2.75) is 19.3 Å². The van der Waals surface area contributed by atoms with E-state index in [0.717, 1.165) is 38.1 Å². The van der Waals surface area contributed by atoms with Crippen LogP contribution < -0.4 is 5.43 Å². The summed E-state index contributed by atoms with van der Waals surface area (Å²) in [6, 6.07) is 9.17. The standard InChI is InChI=1S/C14H19N3O.ClH/c1-17-10-5-8-13(9-11-17)15-16-14(18)12-6-3-2-4-7-12;/h2-4,6-7H,5,8-11H2,1H3,(H,16,18);1H/b15-13+;. The van der Waals surface area contributed by atoms with E-state index in [1.807, 2.05) is 18.2 Å². The van der Waals surface area contributed by atoms with E-state index >= 15 is 0 Å². The van der Waals surface area contributed by atoms with Crippen molar-refractivity contribution < 1.29 is 4.79 Å². The molecule has 1 N–H and O–H groups in total. The van der Waals surface area contributed by atoms with Crippen LogP contribution >= 0.6 is 12.4 Å². The Morgan fingerprint density at radius 1 is 1.21 bits per heavy atom. The fourth-order valence-corrected chi connectivity index (χ4v) is 2.01. The predicted molar refractivity (Wildman–Crippen MR) is 79.9 cm³/mol. The molecule has 1 heterocycles. The van der Waals surface area contributed by atoms with E-state index < -0.39 is 0 Å². The summed E-state index contributed by atoms with van der Waals surface area (Å²) in [6.07, 6.45) is 3.02. The molecule has 0 bridgehead atoms. The number of hydrogen-bond donors (Lipinski definition) is 1. The van der Waals surface area contributed by atoms with E-state index in [1.54, 1.807) is 12.1 Å². The third-order valence-electron chi connectivity index (χ3n) is 3.14. The Morgan fingerprint density at radius 3 is 2.68 bits per heavy atom. The van der Waals surface area contributed by atoms with E-state index in [0.29, 0.717) is 5.56 Å². The summed E-state index contributed by atoms with van der Waals surface area (Å²) in [5.41, 5.74) is 4.37. The summed E-state index contributed by atoms with van der Waals surface area (Å²) in [5, 5.41) is 4.24. The molecule has 19 heavy (non-hydrogen) atoms. The maximum Gasteiger partial charge on any atom is 0.271 e. The van der Waals surface area contributed by atoms with Crippen molar-refractivity contribution in [2.24, 2.45) is 5.10 Å². The summed E-state index contributed by atoms with van der Waals surface area (Å²) in [5.74, 6) is -0.138. The second-order valence-electron chi connectivity index (χ2n) is 4.64. The lowest BCUT2D eigenvalue weighted by Gasteiger charge is -2.10. The Hall–Kier alpha value is -1.39. The number of rotatable bonds is 2. The second-order valence-corrected chi connectivity index (χ2v) is 4.64. The fourth-order valence-electron chi connectivity index (χ4n) is 2.01. The van der Waals surface area contributed by atoms with Crippen LogP contribution in [0.1, 0.15) is 29.6 Å². The number of carbonyl (C=O) groups excluding carboxylic acids is 1. The number of amides is 1. The molecular weight excluding hydrogens is 262 g/mol. The Morgan fingerprint density at radius 2 is 1.95 bits per heavy atom. The van der Waals surface area contributed by atoms with Crippen molar-refractivity contribution in [3.63, 3.8) is 0 Å². The lowest BCUT2D eigenvalue weighted by Crippen LogP contribution is -2.21. The first-order valence-electron chi connectivity index (χ1n) is 6.35. The molecule has 1 aromatic carbocycles. The monoisotopic (exact) mass is 281 g/mol. The number of carbonyl (C=O) groups is 1. The average Bonchev–Trinajstić information content (AvgIpc) is 2.62. The normalized spacial score (nSPS) is 18.5. The third kappa shape index (κ3) is 5.01. The fraction of sp³-hybridized carbons (Fsp3) is 0.429. The minimum absolute atomic E-state index is 0. The molecular formula is C14H20ClN3O. The first-order chi connectivity index (χ1) is 8.75.